The van der Waals surface area contributed by atoms with Crippen LogP contribution in [0.1, 0.15) is 28.6 Å². The summed E-state index contributed by atoms with van der Waals surface area (Å²) in [7, 11) is 0. The van der Waals surface area contributed by atoms with Crippen LogP contribution in [0.2, 0.25) is 0 Å². The summed E-state index contributed by atoms with van der Waals surface area (Å²) in [5.41, 5.74) is 0.492. The number of ether oxygens (including phenoxy) is 2. The Balaban J connectivity index is 1.52. The molecule has 6 nitrogen and oxygen atoms in total. The van der Waals surface area contributed by atoms with Crippen molar-refractivity contribution in [3.63, 3.8) is 0 Å². The first-order valence-electron chi connectivity index (χ1n) is 6.63. The fourth-order valence-electron chi connectivity index (χ4n) is 2.09. The van der Waals surface area contributed by atoms with Crippen molar-refractivity contribution >= 4 is 5.91 Å². The van der Waals surface area contributed by atoms with Crippen molar-refractivity contribution in [1.29, 1.82) is 0 Å². The SMILES string of the molecule is O=C(NCCC(O)c1ccco1)c1ccc2c(c1)OCO2. The third-order valence-electron chi connectivity index (χ3n) is 3.21. The van der Waals surface area contributed by atoms with E-state index in [4.69, 9.17) is 13.9 Å². The standard InChI is InChI=1S/C15H15NO5/c17-11(12-2-1-7-19-12)5-6-16-15(18)10-3-4-13-14(8-10)21-9-20-13/h1-4,7-8,11,17H,5-6,9H2,(H,16,18). The molecule has 0 bridgehead atoms. The summed E-state index contributed by atoms with van der Waals surface area (Å²) in [5, 5.41) is 12.6. The molecule has 1 aliphatic heterocycles. The van der Waals surface area contributed by atoms with Crippen LogP contribution < -0.4 is 14.8 Å². The Morgan fingerprint density at radius 1 is 1.29 bits per heavy atom. The normalized spacial score (nSPS) is 14.0. The van der Waals surface area contributed by atoms with Crippen molar-refractivity contribution in [2.75, 3.05) is 13.3 Å². The molecule has 0 fully saturated rings. The Morgan fingerprint density at radius 3 is 2.95 bits per heavy atom. The number of furan rings is 1. The number of hydrogen-bond donors (Lipinski definition) is 2. The minimum atomic E-state index is -0.725. The van der Waals surface area contributed by atoms with E-state index in [1.54, 1.807) is 30.3 Å². The average Bonchev–Trinajstić information content (AvgIpc) is 3.17. The summed E-state index contributed by atoms with van der Waals surface area (Å²) in [4.78, 5) is 12.0. The van der Waals surface area contributed by atoms with Gasteiger partial charge < -0.3 is 24.3 Å². The van der Waals surface area contributed by atoms with Gasteiger partial charge in [-0.15, -0.1) is 0 Å². The maximum absolute atomic E-state index is 12.0. The van der Waals surface area contributed by atoms with E-state index >= 15 is 0 Å². The van der Waals surface area contributed by atoms with Gasteiger partial charge in [-0.2, -0.15) is 0 Å². The average molecular weight is 289 g/mol. The Morgan fingerprint density at radius 2 is 2.14 bits per heavy atom. The molecule has 3 rings (SSSR count). The van der Waals surface area contributed by atoms with Gasteiger partial charge in [0, 0.05) is 12.1 Å². The van der Waals surface area contributed by atoms with Gasteiger partial charge in [0.15, 0.2) is 11.5 Å². The van der Waals surface area contributed by atoms with Crippen molar-refractivity contribution in [2.24, 2.45) is 0 Å². The second-order valence-corrected chi connectivity index (χ2v) is 4.64. The monoisotopic (exact) mass is 289 g/mol. The van der Waals surface area contributed by atoms with Crippen LogP contribution >= 0.6 is 0 Å². The minimum absolute atomic E-state index is 0.176. The van der Waals surface area contributed by atoms with Crippen molar-refractivity contribution in [3.8, 4) is 11.5 Å². The molecule has 0 spiro atoms. The highest BCUT2D eigenvalue weighted by atomic mass is 16.7. The van der Waals surface area contributed by atoms with E-state index in [9.17, 15) is 9.90 Å². The van der Waals surface area contributed by atoms with Crippen molar-refractivity contribution in [1.82, 2.24) is 5.32 Å². The smallest absolute Gasteiger partial charge is 0.251 e. The molecule has 1 aliphatic rings. The van der Waals surface area contributed by atoms with E-state index < -0.39 is 6.10 Å². The molecule has 2 aromatic rings. The van der Waals surface area contributed by atoms with Gasteiger partial charge in [0.25, 0.3) is 5.91 Å². The third-order valence-corrected chi connectivity index (χ3v) is 3.21. The molecular formula is C15H15NO5. The maximum atomic E-state index is 12.0. The van der Waals surface area contributed by atoms with E-state index in [2.05, 4.69) is 5.32 Å². The van der Waals surface area contributed by atoms with Crippen LogP contribution in [0.3, 0.4) is 0 Å². The van der Waals surface area contributed by atoms with Crippen LogP contribution in [-0.4, -0.2) is 24.4 Å². The Bertz CT molecular complexity index is 623. The van der Waals surface area contributed by atoms with Crippen LogP contribution in [0.5, 0.6) is 11.5 Å². The van der Waals surface area contributed by atoms with E-state index in [1.165, 1.54) is 6.26 Å². The second kappa shape index (κ2) is 5.88. The number of aliphatic hydroxyl groups excluding tert-OH is 1. The summed E-state index contributed by atoms with van der Waals surface area (Å²) in [6, 6.07) is 8.43. The van der Waals surface area contributed by atoms with Gasteiger partial charge in [-0.1, -0.05) is 0 Å². The number of fused-ring (bicyclic) bond motifs is 1. The quantitative estimate of drug-likeness (QED) is 0.878. The maximum Gasteiger partial charge on any atom is 0.251 e. The molecule has 0 saturated carbocycles. The van der Waals surface area contributed by atoms with E-state index in [1.807, 2.05) is 0 Å². The lowest BCUT2D eigenvalue weighted by Crippen LogP contribution is -2.25. The summed E-state index contributed by atoms with van der Waals surface area (Å²) in [6.07, 6.45) is 1.16. The summed E-state index contributed by atoms with van der Waals surface area (Å²) < 4.78 is 15.5. The van der Waals surface area contributed by atoms with Gasteiger partial charge in [0.05, 0.1) is 6.26 Å². The fourth-order valence-corrected chi connectivity index (χ4v) is 2.09. The van der Waals surface area contributed by atoms with E-state index in [0.29, 0.717) is 35.8 Å². The lowest BCUT2D eigenvalue weighted by Gasteiger charge is -2.09. The number of benzene rings is 1. The molecule has 0 aliphatic carbocycles. The first-order valence-corrected chi connectivity index (χ1v) is 6.63. The van der Waals surface area contributed by atoms with Gasteiger partial charge >= 0.3 is 0 Å². The zero-order chi connectivity index (χ0) is 14.7. The van der Waals surface area contributed by atoms with Crippen molar-refractivity contribution in [3.05, 3.63) is 47.9 Å². The predicted octanol–water partition coefficient (Wildman–Crippen LogP) is 1.86. The van der Waals surface area contributed by atoms with Gasteiger partial charge in [-0.05, 0) is 36.8 Å². The van der Waals surface area contributed by atoms with Gasteiger partial charge in [0.2, 0.25) is 6.79 Å². The van der Waals surface area contributed by atoms with Crippen LogP contribution in [0.15, 0.2) is 41.0 Å². The first kappa shape index (κ1) is 13.5. The summed E-state index contributed by atoms with van der Waals surface area (Å²) in [5.74, 6) is 1.48. The minimum Gasteiger partial charge on any atom is -0.467 e. The van der Waals surface area contributed by atoms with Crippen LogP contribution in [-0.2, 0) is 0 Å². The van der Waals surface area contributed by atoms with Crippen LogP contribution in [0, 0.1) is 0 Å². The second-order valence-electron chi connectivity index (χ2n) is 4.64. The highest BCUT2D eigenvalue weighted by Gasteiger charge is 2.16. The van der Waals surface area contributed by atoms with Crippen molar-refractivity contribution < 1.29 is 23.8 Å². The highest BCUT2D eigenvalue weighted by Crippen LogP contribution is 2.32. The molecule has 110 valence electrons. The topological polar surface area (TPSA) is 80.9 Å². The van der Waals surface area contributed by atoms with Gasteiger partial charge in [-0.3, -0.25) is 4.79 Å². The number of nitrogens with one attached hydrogen (secondary N) is 1. The van der Waals surface area contributed by atoms with Gasteiger partial charge in [0.1, 0.15) is 11.9 Å². The Labute approximate surface area is 121 Å². The zero-order valence-corrected chi connectivity index (χ0v) is 11.2. The van der Waals surface area contributed by atoms with E-state index in [-0.39, 0.29) is 12.7 Å². The van der Waals surface area contributed by atoms with Crippen molar-refractivity contribution in [2.45, 2.75) is 12.5 Å². The third kappa shape index (κ3) is 3.00. The summed E-state index contributed by atoms with van der Waals surface area (Å²) in [6.45, 7) is 0.519. The molecule has 1 aromatic heterocycles. The largest absolute Gasteiger partial charge is 0.467 e. The molecule has 2 N–H and O–H groups in total. The molecule has 6 heteroatoms. The first-order chi connectivity index (χ1) is 10.2. The van der Waals surface area contributed by atoms with Crippen LogP contribution in [0.25, 0.3) is 0 Å². The molecule has 1 amide bonds. The van der Waals surface area contributed by atoms with Crippen LogP contribution in [0.4, 0.5) is 0 Å². The number of amides is 1. The lowest BCUT2D eigenvalue weighted by atomic mass is 10.1. The zero-order valence-electron chi connectivity index (χ0n) is 11.2. The number of rotatable bonds is 5. The number of carbonyl (C=O) groups is 1. The highest BCUT2D eigenvalue weighted by molar-refractivity contribution is 5.94. The number of carbonyl (C=O) groups excluding carboxylic acids is 1. The Kier molecular flexibility index (Phi) is 3.79. The molecule has 2 heterocycles. The number of aliphatic hydroxyl groups is 1. The van der Waals surface area contributed by atoms with E-state index in [0.717, 1.165) is 0 Å². The molecule has 1 unspecified atom stereocenters. The molecule has 1 atom stereocenters. The molecular weight excluding hydrogens is 274 g/mol. The predicted molar refractivity (Wildman–Crippen MR) is 73.2 cm³/mol. The number of hydrogen-bond acceptors (Lipinski definition) is 5. The summed E-state index contributed by atoms with van der Waals surface area (Å²) >= 11 is 0. The molecule has 0 radical (unpaired) electrons. The molecule has 21 heavy (non-hydrogen) atoms. The molecule has 1 aromatic carbocycles. The fraction of sp³-hybridized carbons (Fsp3) is 0.267. The Hall–Kier alpha value is -2.47. The lowest BCUT2D eigenvalue weighted by molar-refractivity contribution is 0.0935. The molecule has 0 saturated heterocycles. The van der Waals surface area contributed by atoms with Gasteiger partial charge in [-0.25, -0.2) is 0 Å².